The molecule has 3 aromatic rings. The molecule has 1 heterocycles. The molecule has 0 radical (unpaired) electrons. The van der Waals surface area contributed by atoms with Crippen molar-refractivity contribution in [3.05, 3.63) is 77.9 Å². The van der Waals surface area contributed by atoms with Gasteiger partial charge < -0.3 is 16.0 Å². The van der Waals surface area contributed by atoms with Crippen molar-refractivity contribution in [3.8, 4) is 0 Å². The number of amides is 2. The Hall–Kier alpha value is -3.56. The molecule has 8 nitrogen and oxygen atoms in total. The number of carbonyl (C=O) groups is 2. The highest BCUT2D eigenvalue weighted by Gasteiger charge is 2.27. The van der Waals surface area contributed by atoms with E-state index in [1.165, 1.54) is 0 Å². The van der Waals surface area contributed by atoms with Crippen molar-refractivity contribution in [2.75, 3.05) is 19.6 Å². The van der Waals surface area contributed by atoms with Gasteiger partial charge in [0, 0.05) is 25.1 Å². The SMILES string of the molecule is N=C(N)c1ccc(C[C@H](NC(=O)CNS(=O)c2ccc3ccccc3c2)C(=O)N2CCCCC2)cc1. The maximum absolute atomic E-state index is 13.3. The smallest absolute Gasteiger partial charge is 0.245 e. The first kappa shape index (κ1) is 25.5. The fraction of sp³-hybridized carbons (Fsp3) is 0.296. The molecule has 5 N–H and O–H groups in total. The Kier molecular flexibility index (Phi) is 8.45. The third-order valence-corrected chi connectivity index (χ3v) is 7.39. The molecule has 0 spiro atoms. The molecule has 4 rings (SSSR count). The lowest BCUT2D eigenvalue weighted by molar-refractivity contribution is -0.137. The number of hydrogen-bond donors (Lipinski definition) is 4. The average molecular weight is 506 g/mol. The number of nitrogens with two attached hydrogens (primary N) is 1. The van der Waals surface area contributed by atoms with Crippen LogP contribution >= 0.6 is 0 Å². The highest BCUT2D eigenvalue weighted by atomic mass is 32.2. The first-order valence-corrected chi connectivity index (χ1v) is 13.2. The number of rotatable bonds is 9. The number of amidine groups is 1. The lowest BCUT2D eigenvalue weighted by Crippen LogP contribution is -2.52. The molecule has 0 aromatic heterocycles. The molecule has 1 fully saturated rings. The van der Waals surface area contributed by atoms with Crippen molar-refractivity contribution in [3.63, 3.8) is 0 Å². The van der Waals surface area contributed by atoms with E-state index in [1.807, 2.05) is 48.5 Å². The number of nitrogens with zero attached hydrogens (tertiary/aromatic N) is 1. The molecule has 0 bridgehead atoms. The summed E-state index contributed by atoms with van der Waals surface area (Å²) in [5.74, 6) is -0.546. The van der Waals surface area contributed by atoms with E-state index in [0.717, 1.165) is 35.6 Å². The van der Waals surface area contributed by atoms with Gasteiger partial charge in [0.1, 0.15) is 22.9 Å². The van der Waals surface area contributed by atoms with Gasteiger partial charge in [0.2, 0.25) is 11.8 Å². The van der Waals surface area contributed by atoms with E-state index in [-0.39, 0.29) is 18.3 Å². The van der Waals surface area contributed by atoms with Crippen LogP contribution in [0, 0.1) is 5.41 Å². The molecule has 0 saturated carbocycles. The summed E-state index contributed by atoms with van der Waals surface area (Å²) in [5.41, 5.74) is 6.99. The second-order valence-electron chi connectivity index (χ2n) is 8.92. The Bertz CT molecular complexity index is 1270. The van der Waals surface area contributed by atoms with Gasteiger partial charge in [-0.15, -0.1) is 0 Å². The lowest BCUT2D eigenvalue weighted by Gasteiger charge is -2.31. The first-order valence-electron chi connectivity index (χ1n) is 12.1. The van der Waals surface area contributed by atoms with E-state index in [0.29, 0.717) is 30.0 Å². The molecule has 1 unspecified atom stereocenters. The molecule has 1 saturated heterocycles. The molecular weight excluding hydrogens is 474 g/mol. The van der Waals surface area contributed by atoms with Crippen LogP contribution < -0.4 is 15.8 Å². The van der Waals surface area contributed by atoms with Crippen LogP contribution in [0.4, 0.5) is 0 Å². The monoisotopic (exact) mass is 505 g/mol. The zero-order valence-corrected chi connectivity index (χ0v) is 20.9. The standard InChI is InChI=1S/C27H31N5O3S/c28-26(29)21-10-8-19(9-11-21)16-24(27(34)32-14-4-1-5-15-32)31-25(33)18-30-36(35)23-13-12-20-6-2-3-7-22(20)17-23/h2-3,6-13,17,24,30H,1,4-5,14-16,18H2,(H3,28,29)(H,31,33)/t24-,36?/m0/s1. The molecule has 0 aliphatic carbocycles. The van der Waals surface area contributed by atoms with Crippen LogP contribution in [0.3, 0.4) is 0 Å². The maximum atomic E-state index is 13.3. The number of fused-ring (bicyclic) bond motifs is 1. The molecule has 3 aromatic carbocycles. The van der Waals surface area contributed by atoms with Gasteiger partial charge in [-0.25, -0.2) is 8.93 Å². The molecule has 1 aliphatic rings. The van der Waals surface area contributed by atoms with Crippen LogP contribution in [0.15, 0.2) is 71.6 Å². The van der Waals surface area contributed by atoms with Gasteiger partial charge in [0.15, 0.2) is 0 Å². The highest BCUT2D eigenvalue weighted by Crippen LogP contribution is 2.17. The zero-order chi connectivity index (χ0) is 25.5. The predicted molar refractivity (Wildman–Crippen MR) is 142 cm³/mol. The normalized spacial score (nSPS) is 15.3. The lowest BCUT2D eigenvalue weighted by atomic mass is 10.0. The van der Waals surface area contributed by atoms with E-state index in [4.69, 9.17) is 11.1 Å². The summed E-state index contributed by atoms with van der Waals surface area (Å²) in [6.45, 7) is 1.17. The van der Waals surface area contributed by atoms with Gasteiger partial charge in [-0.3, -0.25) is 15.0 Å². The first-order chi connectivity index (χ1) is 17.4. The summed E-state index contributed by atoms with van der Waals surface area (Å²) in [4.78, 5) is 28.5. The van der Waals surface area contributed by atoms with E-state index in [1.54, 1.807) is 23.1 Å². The maximum Gasteiger partial charge on any atom is 0.245 e. The Balaban J connectivity index is 1.41. The van der Waals surface area contributed by atoms with Gasteiger partial charge in [-0.05, 0) is 47.7 Å². The molecule has 9 heteroatoms. The molecular formula is C27H31N5O3S. The summed E-state index contributed by atoms with van der Waals surface area (Å²) in [5, 5.41) is 12.4. The fourth-order valence-electron chi connectivity index (χ4n) is 4.33. The van der Waals surface area contributed by atoms with Gasteiger partial charge in [0.25, 0.3) is 0 Å². The van der Waals surface area contributed by atoms with Crippen molar-refractivity contribution in [2.24, 2.45) is 5.73 Å². The molecule has 2 amide bonds. The quantitative estimate of drug-likeness (QED) is 0.263. The summed E-state index contributed by atoms with van der Waals surface area (Å²) in [6, 6.07) is 19.7. The van der Waals surface area contributed by atoms with Gasteiger partial charge in [-0.2, -0.15) is 0 Å². The molecule has 2 atom stereocenters. The fourth-order valence-corrected chi connectivity index (χ4v) is 5.19. The second-order valence-corrected chi connectivity index (χ2v) is 10.2. The Morgan fingerprint density at radius 1 is 0.972 bits per heavy atom. The van der Waals surface area contributed by atoms with Crippen LogP contribution in [0.5, 0.6) is 0 Å². The van der Waals surface area contributed by atoms with Crippen molar-refractivity contribution in [1.82, 2.24) is 14.9 Å². The molecule has 1 aliphatic heterocycles. The number of likely N-dealkylation sites (tertiary alicyclic amines) is 1. The average Bonchev–Trinajstić information content (AvgIpc) is 2.91. The third kappa shape index (κ3) is 6.56. The van der Waals surface area contributed by atoms with Crippen LogP contribution in [0.1, 0.15) is 30.4 Å². The Morgan fingerprint density at radius 3 is 2.36 bits per heavy atom. The number of piperidine rings is 1. The number of hydrogen-bond acceptors (Lipinski definition) is 4. The summed E-state index contributed by atoms with van der Waals surface area (Å²) < 4.78 is 15.5. The number of nitrogens with one attached hydrogen (secondary N) is 3. The number of carbonyl (C=O) groups excluding carboxylic acids is 2. The van der Waals surface area contributed by atoms with E-state index in [2.05, 4.69) is 10.0 Å². The third-order valence-electron chi connectivity index (χ3n) is 6.30. The number of benzene rings is 3. The second kappa shape index (κ2) is 11.9. The Morgan fingerprint density at radius 2 is 1.67 bits per heavy atom. The predicted octanol–water partition coefficient (Wildman–Crippen LogP) is 2.48. The largest absolute Gasteiger partial charge is 0.384 e. The van der Waals surface area contributed by atoms with Gasteiger partial charge >= 0.3 is 0 Å². The number of nitrogen functional groups attached to an aromatic ring is 1. The van der Waals surface area contributed by atoms with Gasteiger partial charge in [0.05, 0.1) is 11.4 Å². The molecule has 188 valence electrons. The Labute approximate surface area is 213 Å². The minimum atomic E-state index is -1.57. The highest BCUT2D eigenvalue weighted by molar-refractivity contribution is 7.83. The van der Waals surface area contributed by atoms with Crippen LogP contribution in [-0.4, -0.2) is 52.4 Å². The summed E-state index contributed by atoms with van der Waals surface area (Å²) in [6.07, 6.45) is 3.31. The minimum absolute atomic E-state index is 0.0266. The van der Waals surface area contributed by atoms with Gasteiger partial charge in [-0.1, -0.05) is 54.6 Å². The van der Waals surface area contributed by atoms with E-state index in [9.17, 15) is 13.8 Å². The van der Waals surface area contributed by atoms with E-state index < -0.39 is 22.9 Å². The summed E-state index contributed by atoms with van der Waals surface area (Å²) >= 11 is 0. The zero-order valence-electron chi connectivity index (χ0n) is 20.0. The van der Waals surface area contributed by atoms with E-state index >= 15 is 0 Å². The van der Waals surface area contributed by atoms with Crippen molar-refractivity contribution in [1.29, 1.82) is 5.41 Å². The van der Waals surface area contributed by atoms with Crippen molar-refractivity contribution < 1.29 is 13.8 Å². The van der Waals surface area contributed by atoms with Crippen molar-refractivity contribution in [2.45, 2.75) is 36.6 Å². The summed E-state index contributed by atoms with van der Waals surface area (Å²) in [7, 11) is -1.57. The van der Waals surface area contributed by atoms with Crippen LogP contribution in [-0.2, 0) is 27.0 Å². The topological polar surface area (TPSA) is 128 Å². The minimum Gasteiger partial charge on any atom is -0.384 e. The van der Waals surface area contributed by atoms with Crippen LogP contribution in [0.2, 0.25) is 0 Å². The van der Waals surface area contributed by atoms with Crippen molar-refractivity contribution >= 4 is 39.4 Å². The molecule has 36 heavy (non-hydrogen) atoms. The van der Waals surface area contributed by atoms with Crippen LogP contribution in [0.25, 0.3) is 10.8 Å².